The molecule has 2 aromatic carbocycles. The van der Waals surface area contributed by atoms with E-state index in [0.29, 0.717) is 5.69 Å². The molecule has 3 aromatic rings. The van der Waals surface area contributed by atoms with Gasteiger partial charge in [0.25, 0.3) is 0 Å². The zero-order valence-corrected chi connectivity index (χ0v) is 10.2. The van der Waals surface area contributed by atoms with Crippen molar-refractivity contribution in [2.75, 3.05) is 5.73 Å². The van der Waals surface area contributed by atoms with Gasteiger partial charge in [-0.2, -0.15) is 0 Å². The number of rotatable bonds is 1. The van der Waals surface area contributed by atoms with Crippen molar-refractivity contribution in [3.8, 4) is 11.5 Å². The summed E-state index contributed by atoms with van der Waals surface area (Å²) in [6, 6.07) is 6.41. The van der Waals surface area contributed by atoms with Gasteiger partial charge < -0.3 is 10.2 Å². The first-order valence-corrected chi connectivity index (χ1v) is 5.73. The third kappa shape index (κ3) is 2.02. The maximum Gasteiger partial charge on any atom is 0.230 e. The van der Waals surface area contributed by atoms with E-state index in [0.717, 1.165) is 12.1 Å². The zero-order valence-electron chi connectivity index (χ0n) is 9.45. The lowest BCUT2D eigenvalue weighted by Crippen LogP contribution is -1.89. The molecule has 0 saturated heterocycles. The first-order chi connectivity index (χ1) is 9.04. The first-order valence-electron chi connectivity index (χ1n) is 5.35. The number of oxazole rings is 1. The summed E-state index contributed by atoms with van der Waals surface area (Å²) in [5.41, 5.74) is 6.35. The molecule has 0 saturated carbocycles. The van der Waals surface area contributed by atoms with Crippen LogP contribution in [0.3, 0.4) is 0 Å². The molecule has 0 fully saturated rings. The predicted molar refractivity (Wildman–Crippen MR) is 68.8 cm³/mol. The van der Waals surface area contributed by atoms with E-state index < -0.39 is 11.6 Å². The number of fused-ring (bicyclic) bond motifs is 1. The van der Waals surface area contributed by atoms with Crippen molar-refractivity contribution in [3.63, 3.8) is 0 Å². The van der Waals surface area contributed by atoms with E-state index in [4.69, 9.17) is 21.8 Å². The summed E-state index contributed by atoms with van der Waals surface area (Å²) in [5.74, 6) is -1.07. The Labute approximate surface area is 111 Å². The van der Waals surface area contributed by atoms with Crippen molar-refractivity contribution in [2.45, 2.75) is 0 Å². The van der Waals surface area contributed by atoms with Crippen molar-refractivity contribution < 1.29 is 13.2 Å². The van der Waals surface area contributed by atoms with Crippen LogP contribution in [0.4, 0.5) is 14.5 Å². The van der Waals surface area contributed by atoms with Gasteiger partial charge in [0, 0.05) is 11.8 Å². The number of benzene rings is 2. The minimum absolute atomic E-state index is 0.0278. The predicted octanol–water partition coefficient (Wildman–Crippen LogP) is 4.01. The first kappa shape index (κ1) is 11.9. The highest BCUT2D eigenvalue weighted by Crippen LogP contribution is 2.31. The van der Waals surface area contributed by atoms with E-state index in [1.807, 2.05) is 0 Å². The number of nitrogen functional groups attached to an aromatic ring is 1. The van der Waals surface area contributed by atoms with Gasteiger partial charge in [-0.1, -0.05) is 11.6 Å². The Hall–Kier alpha value is -2.14. The highest BCUT2D eigenvalue weighted by molar-refractivity contribution is 6.34. The van der Waals surface area contributed by atoms with Crippen LogP contribution < -0.4 is 5.73 Å². The summed E-state index contributed by atoms with van der Waals surface area (Å²) in [4.78, 5) is 4.02. The summed E-state index contributed by atoms with van der Waals surface area (Å²) >= 11 is 5.84. The molecule has 0 bridgehead atoms. The molecular formula is C13H7ClF2N2O. The fourth-order valence-corrected chi connectivity index (χ4v) is 2.02. The summed E-state index contributed by atoms with van der Waals surface area (Å²) in [7, 11) is 0. The van der Waals surface area contributed by atoms with E-state index in [1.54, 1.807) is 0 Å². The maximum atomic E-state index is 13.8. The van der Waals surface area contributed by atoms with Crippen LogP contribution in [0.1, 0.15) is 0 Å². The molecule has 96 valence electrons. The molecule has 0 radical (unpaired) electrons. The lowest BCUT2D eigenvalue weighted by Gasteiger charge is -1.98. The van der Waals surface area contributed by atoms with Crippen LogP contribution in [-0.4, -0.2) is 4.98 Å². The van der Waals surface area contributed by atoms with Crippen LogP contribution in [0.25, 0.3) is 22.6 Å². The molecule has 2 N–H and O–H groups in total. The Morgan fingerprint density at radius 2 is 1.95 bits per heavy atom. The van der Waals surface area contributed by atoms with Crippen LogP contribution >= 0.6 is 11.6 Å². The van der Waals surface area contributed by atoms with Gasteiger partial charge in [-0.05, 0) is 24.3 Å². The van der Waals surface area contributed by atoms with Crippen LogP contribution in [-0.2, 0) is 0 Å². The van der Waals surface area contributed by atoms with E-state index >= 15 is 0 Å². The van der Waals surface area contributed by atoms with E-state index in [-0.39, 0.29) is 27.6 Å². The molecule has 0 aliphatic heterocycles. The molecule has 19 heavy (non-hydrogen) atoms. The highest BCUT2D eigenvalue weighted by atomic mass is 35.5. The van der Waals surface area contributed by atoms with Crippen molar-refractivity contribution in [3.05, 3.63) is 47.0 Å². The molecule has 6 heteroatoms. The van der Waals surface area contributed by atoms with Crippen molar-refractivity contribution >= 4 is 28.4 Å². The number of anilines is 1. The molecule has 0 amide bonds. The fraction of sp³-hybridized carbons (Fsp3) is 0. The molecule has 0 spiro atoms. The van der Waals surface area contributed by atoms with Gasteiger partial charge in [0.05, 0.1) is 10.6 Å². The number of halogens is 3. The third-order valence-electron chi connectivity index (χ3n) is 2.63. The van der Waals surface area contributed by atoms with Crippen molar-refractivity contribution in [1.29, 1.82) is 0 Å². The Kier molecular flexibility index (Phi) is 2.64. The molecule has 0 aliphatic rings. The summed E-state index contributed by atoms with van der Waals surface area (Å²) in [5, 5.41) is 0.0876. The van der Waals surface area contributed by atoms with Gasteiger partial charge in [-0.25, -0.2) is 13.8 Å². The van der Waals surface area contributed by atoms with Crippen LogP contribution in [0.15, 0.2) is 34.7 Å². The Balaban J connectivity index is 2.23. The van der Waals surface area contributed by atoms with Gasteiger partial charge in [0.1, 0.15) is 17.2 Å². The Morgan fingerprint density at radius 1 is 1.16 bits per heavy atom. The number of hydrogen-bond acceptors (Lipinski definition) is 3. The second-order valence-electron chi connectivity index (χ2n) is 3.99. The van der Waals surface area contributed by atoms with Crippen LogP contribution in [0.5, 0.6) is 0 Å². The molecule has 3 rings (SSSR count). The number of aromatic nitrogens is 1. The number of nitrogens with two attached hydrogens (primary N) is 1. The van der Waals surface area contributed by atoms with Gasteiger partial charge in [-0.3, -0.25) is 0 Å². The number of nitrogens with zero attached hydrogens (tertiary/aromatic N) is 1. The number of hydrogen-bond donors (Lipinski definition) is 1. The summed E-state index contributed by atoms with van der Waals surface area (Å²) in [6.45, 7) is 0. The Bertz CT molecular complexity index is 786. The third-order valence-corrected chi connectivity index (χ3v) is 2.91. The van der Waals surface area contributed by atoms with E-state index in [2.05, 4.69) is 4.98 Å². The molecule has 1 aromatic heterocycles. The van der Waals surface area contributed by atoms with Gasteiger partial charge in [0.15, 0.2) is 5.58 Å². The van der Waals surface area contributed by atoms with Crippen molar-refractivity contribution in [1.82, 2.24) is 4.98 Å². The van der Waals surface area contributed by atoms with Gasteiger partial charge in [0.2, 0.25) is 5.89 Å². The topological polar surface area (TPSA) is 52.0 Å². The molecule has 0 aliphatic carbocycles. The van der Waals surface area contributed by atoms with Crippen molar-refractivity contribution in [2.24, 2.45) is 0 Å². The van der Waals surface area contributed by atoms with Crippen LogP contribution in [0, 0.1) is 11.6 Å². The standard InChI is InChI=1S/C13H7ClF2N2O/c14-9-3-6(15)4-11-12(9)19-13(18-11)8-2-1-7(17)5-10(8)16/h1-5H,17H2. The quantitative estimate of drug-likeness (QED) is 0.685. The molecule has 0 atom stereocenters. The van der Waals surface area contributed by atoms with Crippen LogP contribution in [0.2, 0.25) is 5.02 Å². The fourth-order valence-electron chi connectivity index (χ4n) is 1.78. The minimum atomic E-state index is -0.567. The van der Waals surface area contributed by atoms with Gasteiger partial charge >= 0.3 is 0 Å². The second kappa shape index (κ2) is 4.20. The lowest BCUT2D eigenvalue weighted by molar-refractivity contribution is 0.593. The SMILES string of the molecule is Nc1ccc(-c2nc3cc(F)cc(Cl)c3o2)c(F)c1. The maximum absolute atomic E-state index is 13.8. The monoisotopic (exact) mass is 280 g/mol. The largest absolute Gasteiger partial charge is 0.434 e. The summed E-state index contributed by atoms with van der Waals surface area (Å²) < 4.78 is 32.3. The highest BCUT2D eigenvalue weighted by Gasteiger charge is 2.15. The molecule has 3 nitrogen and oxygen atoms in total. The van der Waals surface area contributed by atoms with E-state index in [9.17, 15) is 8.78 Å². The van der Waals surface area contributed by atoms with Gasteiger partial charge in [-0.15, -0.1) is 0 Å². The molecular weight excluding hydrogens is 274 g/mol. The average Bonchev–Trinajstić information content (AvgIpc) is 2.72. The lowest BCUT2D eigenvalue weighted by atomic mass is 10.2. The zero-order chi connectivity index (χ0) is 13.6. The molecule has 1 heterocycles. The van der Waals surface area contributed by atoms with E-state index in [1.165, 1.54) is 18.2 Å². The molecule has 0 unspecified atom stereocenters. The minimum Gasteiger partial charge on any atom is -0.434 e. The second-order valence-corrected chi connectivity index (χ2v) is 4.40. The summed E-state index contributed by atoms with van der Waals surface area (Å²) in [6.07, 6.45) is 0. The average molecular weight is 281 g/mol. The Morgan fingerprint density at radius 3 is 2.68 bits per heavy atom. The normalized spacial score (nSPS) is 11.1. The smallest absolute Gasteiger partial charge is 0.230 e.